The number of fused-ring (bicyclic) bond motifs is 2. The van der Waals surface area contributed by atoms with E-state index in [1.165, 1.54) is 57.6 Å². The normalized spacial score (nSPS) is 33.0. The number of amides is 4. The van der Waals surface area contributed by atoms with Crippen LogP contribution in [0, 0.1) is 0 Å². The van der Waals surface area contributed by atoms with Crippen LogP contribution in [0.1, 0.15) is 39.3 Å². The van der Waals surface area contributed by atoms with Crippen LogP contribution in [0.2, 0.25) is 0 Å². The van der Waals surface area contributed by atoms with E-state index in [0.29, 0.717) is 5.56 Å². The molecular formula is C24H29N5O7S2. The van der Waals surface area contributed by atoms with Gasteiger partial charge in [-0.05, 0) is 45.4 Å². The molecule has 0 aliphatic carbocycles. The number of β-lactam (4-membered cyclic amide) rings is 2. The third-order valence-electron chi connectivity index (χ3n) is 7.49. The van der Waals surface area contributed by atoms with Crippen molar-refractivity contribution in [3.8, 4) is 5.75 Å². The van der Waals surface area contributed by atoms with Crippen molar-refractivity contribution < 1.29 is 34.2 Å². The largest absolute Gasteiger partial charge is 0.508 e. The number of hydrogen-bond donors (Lipinski definition) is 5. The van der Waals surface area contributed by atoms with E-state index >= 15 is 0 Å². The number of phenolic OH excluding ortho intramolecular Hbond substituents is 1. The zero-order valence-electron chi connectivity index (χ0n) is 21.1. The van der Waals surface area contributed by atoms with Gasteiger partial charge >= 0.3 is 5.97 Å². The molecule has 0 spiro atoms. The molecule has 4 aliphatic rings. The summed E-state index contributed by atoms with van der Waals surface area (Å²) in [5.74, 6) is -3.01. The number of rotatable bonds is 6. The molecule has 4 amide bonds. The zero-order valence-corrected chi connectivity index (χ0v) is 22.7. The van der Waals surface area contributed by atoms with Crippen molar-refractivity contribution in [2.75, 3.05) is 0 Å². The Hall–Kier alpha value is -2.97. The van der Waals surface area contributed by atoms with Gasteiger partial charge in [-0.25, -0.2) is 4.79 Å². The lowest BCUT2D eigenvalue weighted by Crippen LogP contribution is -2.74. The summed E-state index contributed by atoms with van der Waals surface area (Å²) in [6.07, 6.45) is 0. The number of nitrogens with zero attached hydrogens (tertiary/aromatic N) is 2. The minimum Gasteiger partial charge on any atom is -0.508 e. The molecule has 4 saturated heterocycles. The quantitative estimate of drug-likeness (QED) is 0.285. The van der Waals surface area contributed by atoms with Gasteiger partial charge in [0.2, 0.25) is 23.6 Å². The number of nitrogens with one attached hydrogen (secondary N) is 2. The van der Waals surface area contributed by atoms with Gasteiger partial charge in [0.25, 0.3) is 0 Å². The number of carboxylic acid groups (broad SMARTS) is 1. The minimum absolute atomic E-state index is 0.0355. The van der Waals surface area contributed by atoms with Crippen LogP contribution in [-0.2, 0) is 24.0 Å². The molecule has 0 radical (unpaired) electrons. The van der Waals surface area contributed by atoms with Gasteiger partial charge in [0, 0.05) is 9.49 Å². The maximum Gasteiger partial charge on any atom is 0.327 e. The Kier molecular flexibility index (Phi) is 6.15. The molecule has 7 atom stereocenters. The molecular weight excluding hydrogens is 534 g/mol. The summed E-state index contributed by atoms with van der Waals surface area (Å²) in [4.78, 5) is 66.6. The number of aliphatic carboxylic acids is 1. The predicted molar refractivity (Wildman–Crippen MR) is 139 cm³/mol. The highest BCUT2D eigenvalue weighted by Crippen LogP contribution is 2.53. The fourth-order valence-electron chi connectivity index (χ4n) is 5.62. The summed E-state index contributed by atoms with van der Waals surface area (Å²) in [5.41, 5.74) is 6.51. The van der Waals surface area contributed by atoms with Crippen LogP contribution in [0.5, 0.6) is 5.75 Å². The highest BCUT2D eigenvalue weighted by molar-refractivity contribution is 8.02. The number of benzene rings is 1. The molecule has 0 aromatic heterocycles. The lowest BCUT2D eigenvalue weighted by molar-refractivity contribution is -0.162. The maximum atomic E-state index is 13.4. The number of carboxylic acids is 1. The number of carbonyl (C=O) groups is 5. The number of hydrogen-bond acceptors (Lipinski definition) is 9. The average molecular weight is 564 g/mol. The fraction of sp³-hybridized carbons (Fsp3) is 0.542. The van der Waals surface area contributed by atoms with E-state index in [0.717, 1.165) is 0 Å². The van der Waals surface area contributed by atoms with Crippen molar-refractivity contribution in [3.05, 3.63) is 29.8 Å². The number of phenols is 1. The third kappa shape index (κ3) is 3.92. The molecule has 6 N–H and O–H groups in total. The maximum absolute atomic E-state index is 13.4. The molecule has 1 aromatic carbocycles. The molecule has 4 fully saturated rings. The summed E-state index contributed by atoms with van der Waals surface area (Å²) in [6.45, 7) is 7.14. The summed E-state index contributed by atoms with van der Waals surface area (Å²) in [5, 5.41) is 23.5. The van der Waals surface area contributed by atoms with Gasteiger partial charge in [-0.15, -0.1) is 23.5 Å². The lowest BCUT2D eigenvalue weighted by Gasteiger charge is -2.46. The second-order valence-corrected chi connectivity index (χ2v) is 14.4. The van der Waals surface area contributed by atoms with Crippen molar-refractivity contribution in [1.82, 2.24) is 20.4 Å². The molecule has 14 heteroatoms. The highest BCUT2D eigenvalue weighted by Gasteiger charge is 2.67. The van der Waals surface area contributed by atoms with Crippen LogP contribution < -0.4 is 16.4 Å². The van der Waals surface area contributed by atoms with Gasteiger partial charge in [-0.1, -0.05) is 12.1 Å². The van der Waals surface area contributed by atoms with Crippen molar-refractivity contribution in [3.63, 3.8) is 0 Å². The fourth-order valence-corrected chi connectivity index (χ4v) is 8.88. The SMILES string of the molecule is CC1(C)S[C@@H]2[C@H](NC(=O)[C@@H]3N4C(=O)[C@@H](NC(=O)[C@H](N)c5ccc(O)cc5)[C@H]4SC3(C)C)C(=O)N2[C@H]1C(=O)O. The van der Waals surface area contributed by atoms with E-state index in [9.17, 15) is 34.2 Å². The Morgan fingerprint density at radius 3 is 1.89 bits per heavy atom. The van der Waals surface area contributed by atoms with E-state index in [1.807, 2.05) is 13.8 Å². The van der Waals surface area contributed by atoms with Crippen molar-refractivity contribution in [2.45, 2.75) is 78.1 Å². The van der Waals surface area contributed by atoms with Crippen LogP contribution in [0.25, 0.3) is 0 Å². The molecule has 0 bridgehead atoms. The molecule has 0 saturated carbocycles. The number of nitrogens with two attached hydrogens (primary N) is 1. The van der Waals surface area contributed by atoms with E-state index in [1.54, 1.807) is 13.8 Å². The van der Waals surface area contributed by atoms with Gasteiger partial charge in [0.15, 0.2) is 0 Å². The molecule has 1 aromatic rings. The number of thioether (sulfide) groups is 2. The van der Waals surface area contributed by atoms with Gasteiger partial charge in [-0.2, -0.15) is 0 Å². The van der Waals surface area contributed by atoms with E-state index in [4.69, 9.17) is 5.73 Å². The summed E-state index contributed by atoms with van der Waals surface area (Å²) >= 11 is 2.70. The van der Waals surface area contributed by atoms with E-state index in [-0.39, 0.29) is 5.75 Å². The Morgan fingerprint density at radius 1 is 0.895 bits per heavy atom. The Bertz CT molecular complexity index is 1240. The van der Waals surface area contributed by atoms with Crippen LogP contribution in [0.3, 0.4) is 0 Å². The molecule has 204 valence electrons. The van der Waals surface area contributed by atoms with Gasteiger partial charge in [-0.3, -0.25) is 19.2 Å². The molecule has 4 heterocycles. The first-order chi connectivity index (χ1) is 17.7. The van der Waals surface area contributed by atoms with Crippen LogP contribution >= 0.6 is 23.5 Å². The summed E-state index contributed by atoms with van der Waals surface area (Å²) in [6, 6.07) is 1.19. The smallest absolute Gasteiger partial charge is 0.327 e. The number of carbonyl (C=O) groups excluding carboxylic acids is 4. The van der Waals surface area contributed by atoms with Crippen LogP contribution in [0.4, 0.5) is 0 Å². The summed E-state index contributed by atoms with van der Waals surface area (Å²) in [7, 11) is 0. The first kappa shape index (κ1) is 26.6. The zero-order chi connectivity index (χ0) is 27.9. The summed E-state index contributed by atoms with van der Waals surface area (Å²) < 4.78 is -1.44. The first-order valence-corrected chi connectivity index (χ1v) is 13.8. The standard InChI is InChI=1S/C24H29N5O7S2/c1-23(2)14(17(32)27-13-19(34)29-15(22(35)36)24(3,4)38-21(13)29)28-18(33)12(20(28)37-23)26-16(31)11(25)9-5-7-10(30)8-6-9/h5-8,11-15,20-21,30H,25H2,1-4H3,(H,26,31)(H,27,32)(H,35,36)/t11-,12-,13-,14+,15+,20-,21-/m1/s1. The van der Waals surface area contributed by atoms with Gasteiger partial charge in [0.05, 0.1) is 0 Å². The van der Waals surface area contributed by atoms with Gasteiger partial charge < -0.3 is 36.4 Å². The van der Waals surface area contributed by atoms with E-state index < -0.39 is 80.0 Å². The molecule has 12 nitrogen and oxygen atoms in total. The second kappa shape index (κ2) is 8.78. The lowest BCUT2D eigenvalue weighted by atomic mass is 9.93. The first-order valence-electron chi connectivity index (χ1n) is 12.0. The molecule has 0 unspecified atom stereocenters. The van der Waals surface area contributed by atoms with Crippen molar-refractivity contribution in [1.29, 1.82) is 0 Å². The average Bonchev–Trinajstić information content (AvgIpc) is 3.25. The predicted octanol–water partition coefficient (Wildman–Crippen LogP) is -0.429. The van der Waals surface area contributed by atoms with Gasteiger partial charge in [0.1, 0.15) is 46.7 Å². The van der Waals surface area contributed by atoms with Crippen molar-refractivity contribution >= 4 is 53.1 Å². The Morgan fingerprint density at radius 2 is 1.37 bits per heavy atom. The van der Waals surface area contributed by atoms with E-state index in [2.05, 4.69) is 10.6 Å². The Balaban J connectivity index is 1.25. The third-order valence-corrected chi connectivity index (χ3v) is 10.6. The Labute approximate surface area is 227 Å². The monoisotopic (exact) mass is 563 g/mol. The molecule has 4 aliphatic heterocycles. The second-order valence-electron chi connectivity index (χ2n) is 10.9. The molecule has 38 heavy (non-hydrogen) atoms. The molecule has 5 rings (SSSR count). The van der Waals surface area contributed by atoms with Crippen LogP contribution in [0.15, 0.2) is 24.3 Å². The minimum atomic E-state index is -1.09. The van der Waals surface area contributed by atoms with Crippen molar-refractivity contribution in [2.24, 2.45) is 5.73 Å². The topological polar surface area (TPSA) is 182 Å². The van der Waals surface area contributed by atoms with Crippen LogP contribution in [-0.4, -0.2) is 94.0 Å². The number of aromatic hydroxyl groups is 1. The highest BCUT2D eigenvalue weighted by atomic mass is 32.2.